The number of anilines is 1. The van der Waals surface area contributed by atoms with Gasteiger partial charge in [0, 0.05) is 17.3 Å². The molecule has 1 unspecified atom stereocenters. The predicted octanol–water partition coefficient (Wildman–Crippen LogP) is 4.34. The summed E-state index contributed by atoms with van der Waals surface area (Å²) < 4.78 is 6.35. The Morgan fingerprint density at radius 2 is 1.95 bits per heavy atom. The maximum absolute atomic E-state index is 12.4. The van der Waals surface area contributed by atoms with Gasteiger partial charge in [0.05, 0.1) is 0 Å². The molecule has 0 aliphatic heterocycles. The van der Waals surface area contributed by atoms with Gasteiger partial charge in [0.15, 0.2) is 6.10 Å². The van der Waals surface area contributed by atoms with Crippen LogP contribution in [-0.2, 0) is 16.0 Å². The van der Waals surface area contributed by atoms with E-state index in [4.69, 9.17) is 4.74 Å². The lowest BCUT2D eigenvalue weighted by molar-refractivity contribution is -0.126. The molecule has 0 aliphatic carbocycles. The Balaban J connectivity index is 2.20. The van der Waals surface area contributed by atoms with Crippen LogP contribution in [0, 0.1) is 0 Å². The van der Waals surface area contributed by atoms with Crippen LogP contribution in [0.5, 0.6) is 0 Å². The summed E-state index contributed by atoms with van der Waals surface area (Å²) in [7, 11) is 1.54. The second-order valence-corrected chi connectivity index (χ2v) is 5.59. The van der Waals surface area contributed by atoms with Crippen molar-refractivity contribution in [3.05, 3.63) is 64.1 Å². The molecular weight excluding hydrogens is 330 g/mol. The Morgan fingerprint density at radius 3 is 2.57 bits per heavy atom. The van der Waals surface area contributed by atoms with Gasteiger partial charge < -0.3 is 10.1 Å². The quantitative estimate of drug-likeness (QED) is 0.873. The standard InChI is InChI=1S/C17H18BrNO2/c1-3-12-11-14(18)9-10-15(12)19-17(20)16(21-2)13-7-5-4-6-8-13/h4-11,16H,3H2,1-2H3,(H,19,20). The maximum atomic E-state index is 12.4. The average Bonchev–Trinajstić information content (AvgIpc) is 2.51. The van der Waals surface area contributed by atoms with Crippen molar-refractivity contribution in [2.75, 3.05) is 12.4 Å². The number of hydrogen-bond donors (Lipinski definition) is 1. The molecule has 110 valence electrons. The highest BCUT2D eigenvalue weighted by atomic mass is 79.9. The smallest absolute Gasteiger partial charge is 0.258 e. The van der Waals surface area contributed by atoms with E-state index in [-0.39, 0.29) is 5.91 Å². The molecule has 0 saturated carbocycles. The van der Waals surface area contributed by atoms with Crippen LogP contribution in [0.15, 0.2) is 53.0 Å². The third-order valence-electron chi connectivity index (χ3n) is 3.28. The normalized spacial score (nSPS) is 12.0. The van der Waals surface area contributed by atoms with E-state index < -0.39 is 6.10 Å². The molecular formula is C17H18BrNO2. The van der Waals surface area contributed by atoms with Gasteiger partial charge in [-0.2, -0.15) is 0 Å². The Labute approximate surface area is 133 Å². The molecule has 0 saturated heterocycles. The summed E-state index contributed by atoms with van der Waals surface area (Å²) in [5, 5.41) is 2.95. The summed E-state index contributed by atoms with van der Waals surface area (Å²) in [6.45, 7) is 2.06. The molecule has 1 N–H and O–H groups in total. The van der Waals surface area contributed by atoms with E-state index in [2.05, 4.69) is 28.2 Å². The van der Waals surface area contributed by atoms with E-state index in [0.29, 0.717) is 0 Å². The molecule has 0 spiro atoms. The van der Waals surface area contributed by atoms with Gasteiger partial charge in [0.25, 0.3) is 5.91 Å². The number of hydrogen-bond acceptors (Lipinski definition) is 2. The monoisotopic (exact) mass is 347 g/mol. The summed E-state index contributed by atoms with van der Waals surface area (Å²) in [4.78, 5) is 12.4. The second kappa shape index (κ2) is 7.38. The van der Waals surface area contributed by atoms with Crippen molar-refractivity contribution in [3.63, 3.8) is 0 Å². The largest absolute Gasteiger partial charge is 0.367 e. The SMILES string of the molecule is CCc1cc(Br)ccc1NC(=O)C(OC)c1ccccc1. The number of nitrogens with one attached hydrogen (secondary N) is 1. The first-order valence-electron chi connectivity index (χ1n) is 6.82. The van der Waals surface area contributed by atoms with Crippen LogP contribution >= 0.6 is 15.9 Å². The van der Waals surface area contributed by atoms with Crippen molar-refractivity contribution < 1.29 is 9.53 Å². The number of carbonyl (C=O) groups excluding carboxylic acids is 1. The molecule has 0 fully saturated rings. The zero-order valence-corrected chi connectivity index (χ0v) is 13.7. The number of amides is 1. The highest BCUT2D eigenvalue weighted by Crippen LogP contribution is 2.24. The Kier molecular flexibility index (Phi) is 5.53. The van der Waals surface area contributed by atoms with Crippen LogP contribution in [0.1, 0.15) is 24.2 Å². The van der Waals surface area contributed by atoms with Crippen LogP contribution < -0.4 is 5.32 Å². The van der Waals surface area contributed by atoms with E-state index in [1.165, 1.54) is 0 Å². The summed E-state index contributed by atoms with van der Waals surface area (Å²) in [6, 6.07) is 15.3. The molecule has 1 atom stereocenters. The van der Waals surface area contributed by atoms with Crippen molar-refractivity contribution >= 4 is 27.5 Å². The molecule has 0 aliphatic rings. The molecule has 2 aromatic rings. The maximum Gasteiger partial charge on any atom is 0.258 e. The van der Waals surface area contributed by atoms with E-state index in [1.54, 1.807) is 7.11 Å². The van der Waals surface area contributed by atoms with Crippen molar-refractivity contribution in [3.8, 4) is 0 Å². The van der Waals surface area contributed by atoms with Gasteiger partial charge in [0.2, 0.25) is 0 Å². The molecule has 4 heteroatoms. The van der Waals surface area contributed by atoms with Gasteiger partial charge in [-0.15, -0.1) is 0 Å². The third-order valence-corrected chi connectivity index (χ3v) is 3.78. The molecule has 2 aromatic carbocycles. The lowest BCUT2D eigenvalue weighted by atomic mass is 10.1. The molecule has 2 rings (SSSR count). The summed E-state index contributed by atoms with van der Waals surface area (Å²) in [5.74, 6) is -0.166. The molecule has 1 amide bonds. The first-order chi connectivity index (χ1) is 10.2. The van der Waals surface area contributed by atoms with Gasteiger partial charge in [-0.3, -0.25) is 4.79 Å². The molecule has 0 bridgehead atoms. The molecule has 0 heterocycles. The van der Waals surface area contributed by atoms with Crippen LogP contribution in [0.4, 0.5) is 5.69 Å². The Bertz CT molecular complexity index is 613. The van der Waals surface area contributed by atoms with Crippen molar-refractivity contribution in [1.82, 2.24) is 0 Å². The molecule has 0 aromatic heterocycles. The fourth-order valence-corrected chi connectivity index (χ4v) is 2.61. The number of benzene rings is 2. The fraction of sp³-hybridized carbons (Fsp3) is 0.235. The highest BCUT2D eigenvalue weighted by Gasteiger charge is 2.20. The van der Waals surface area contributed by atoms with Crippen LogP contribution in [0.2, 0.25) is 0 Å². The first kappa shape index (κ1) is 15.7. The van der Waals surface area contributed by atoms with Crippen molar-refractivity contribution in [1.29, 1.82) is 0 Å². The molecule has 3 nitrogen and oxygen atoms in total. The lowest BCUT2D eigenvalue weighted by Gasteiger charge is -2.17. The predicted molar refractivity (Wildman–Crippen MR) is 88.3 cm³/mol. The van der Waals surface area contributed by atoms with Crippen LogP contribution in [0.25, 0.3) is 0 Å². The topological polar surface area (TPSA) is 38.3 Å². The Hall–Kier alpha value is -1.65. The van der Waals surface area contributed by atoms with E-state index >= 15 is 0 Å². The zero-order valence-electron chi connectivity index (χ0n) is 12.1. The zero-order chi connectivity index (χ0) is 15.2. The fourth-order valence-electron chi connectivity index (χ4n) is 2.20. The van der Waals surface area contributed by atoms with Gasteiger partial charge >= 0.3 is 0 Å². The van der Waals surface area contributed by atoms with E-state index in [1.807, 2.05) is 48.5 Å². The highest BCUT2D eigenvalue weighted by molar-refractivity contribution is 9.10. The van der Waals surface area contributed by atoms with E-state index in [0.717, 1.165) is 27.7 Å². The average molecular weight is 348 g/mol. The molecule has 21 heavy (non-hydrogen) atoms. The number of ether oxygens (including phenoxy) is 1. The Morgan fingerprint density at radius 1 is 1.24 bits per heavy atom. The minimum absolute atomic E-state index is 0.166. The minimum atomic E-state index is -0.612. The number of rotatable bonds is 5. The second-order valence-electron chi connectivity index (χ2n) is 4.67. The first-order valence-corrected chi connectivity index (χ1v) is 7.62. The van der Waals surface area contributed by atoms with Gasteiger partial charge in [0.1, 0.15) is 0 Å². The number of aryl methyl sites for hydroxylation is 1. The van der Waals surface area contributed by atoms with Gasteiger partial charge in [-0.1, -0.05) is 53.2 Å². The number of carbonyl (C=O) groups is 1. The number of halogens is 1. The third kappa shape index (κ3) is 3.93. The summed E-state index contributed by atoms with van der Waals surface area (Å²) in [6.07, 6.45) is 0.234. The summed E-state index contributed by atoms with van der Waals surface area (Å²) in [5.41, 5.74) is 2.75. The van der Waals surface area contributed by atoms with Crippen molar-refractivity contribution in [2.24, 2.45) is 0 Å². The van der Waals surface area contributed by atoms with Gasteiger partial charge in [-0.25, -0.2) is 0 Å². The lowest BCUT2D eigenvalue weighted by Crippen LogP contribution is -2.23. The van der Waals surface area contributed by atoms with Gasteiger partial charge in [-0.05, 0) is 35.7 Å². The molecule has 0 radical (unpaired) electrons. The summed E-state index contributed by atoms with van der Waals surface area (Å²) >= 11 is 3.45. The van der Waals surface area contributed by atoms with Crippen LogP contribution in [0.3, 0.4) is 0 Å². The van der Waals surface area contributed by atoms with Crippen molar-refractivity contribution in [2.45, 2.75) is 19.4 Å². The minimum Gasteiger partial charge on any atom is -0.367 e. The van der Waals surface area contributed by atoms with E-state index in [9.17, 15) is 4.79 Å². The number of methoxy groups -OCH3 is 1. The van der Waals surface area contributed by atoms with Crippen LogP contribution in [-0.4, -0.2) is 13.0 Å².